The van der Waals surface area contributed by atoms with Crippen LogP contribution in [0, 0.1) is 20.2 Å². The topological polar surface area (TPSA) is 165 Å². The number of anilines is 3. The van der Waals surface area contributed by atoms with Gasteiger partial charge >= 0.3 is 17.3 Å². The van der Waals surface area contributed by atoms with Gasteiger partial charge in [-0.1, -0.05) is 24.3 Å². The number of para-hydroxylation sites is 1. The van der Waals surface area contributed by atoms with Gasteiger partial charge < -0.3 is 15.7 Å². The maximum atomic E-state index is 12.6. The van der Waals surface area contributed by atoms with Crippen molar-refractivity contribution in [2.24, 2.45) is 0 Å². The Hall–Kier alpha value is -4.80. The number of carbonyl (C=O) groups is 2. The summed E-state index contributed by atoms with van der Waals surface area (Å²) in [5.41, 5.74) is -1.62. The highest BCUT2D eigenvalue weighted by Gasteiger charge is 2.29. The quantitative estimate of drug-likeness (QED) is 0.376. The van der Waals surface area contributed by atoms with Crippen LogP contribution in [0.1, 0.15) is 20.7 Å². The van der Waals surface area contributed by atoms with Crippen LogP contribution < -0.4 is 10.6 Å². The van der Waals surface area contributed by atoms with Gasteiger partial charge in [-0.25, -0.2) is 4.79 Å². The Bertz CT molecular complexity index is 1160. The molecule has 0 aliphatic carbocycles. The zero-order chi connectivity index (χ0) is 22.5. The molecule has 0 fully saturated rings. The van der Waals surface area contributed by atoms with E-state index in [1.165, 1.54) is 24.3 Å². The number of aromatic carboxylic acids is 1. The standard InChI is InChI=1S/C20H14N4O7/c25-19(22-15-8-4-5-12(9-15)20(26)27)13-10-16(23(28)29)18(17(11-13)24(30)31)21-14-6-2-1-3-7-14/h1-11,21H,(H,22,25)(H,26,27). The number of carboxylic acid groups (broad SMARTS) is 1. The molecule has 3 N–H and O–H groups in total. The molecule has 0 aliphatic rings. The number of amides is 1. The fourth-order valence-corrected chi connectivity index (χ4v) is 2.76. The lowest BCUT2D eigenvalue weighted by molar-refractivity contribution is -0.392. The van der Waals surface area contributed by atoms with Gasteiger partial charge in [-0.3, -0.25) is 25.0 Å². The summed E-state index contributed by atoms with van der Waals surface area (Å²) < 4.78 is 0. The molecule has 0 aliphatic heterocycles. The largest absolute Gasteiger partial charge is 0.478 e. The Kier molecular flexibility index (Phi) is 5.87. The molecule has 0 saturated carbocycles. The summed E-state index contributed by atoms with van der Waals surface area (Å²) in [5.74, 6) is -2.08. The highest BCUT2D eigenvalue weighted by Crippen LogP contribution is 2.38. The van der Waals surface area contributed by atoms with Gasteiger partial charge in [0.15, 0.2) is 5.69 Å². The number of benzene rings is 3. The summed E-state index contributed by atoms with van der Waals surface area (Å²) in [6, 6.07) is 15.3. The molecule has 0 unspecified atom stereocenters. The molecule has 3 aromatic rings. The second-order valence-corrected chi connectivity index (χ2v) is 6.23. The number of hydrogen-bond acceptors (Lipinski definition) is 7. The minimum atomic E-state index is -1.21. The summed E-state index contributed by atoms with van der Waals surface area (Å²) >= 11 is 0. The average molecular weight is 422 g/mol. The number of nitrogens with zero attached hydrogens (tertiary/aromatic N) is 2. The van der Waals surface area contributed by atoms with Gasteiger partial charge in [-0.15, -0.1) is 0 Å². The van der Waals surface area contributed by atoms with Gasteiger partial charge in [0.1, 0.15) is 0 Å². The van der Waals surface area contributed by atoms with Crippen LogP contribution in [0.25, 0.3) is 0 Å². The number of rotatable bonds is 7. The highest BCUT2D eigenvalue weighted by molar-refractivity contribution is 6.06. The first-order chi connectivity index (χ1) is 14.8. The van der Waals surface area contributed by atoms with E-state index < -0.39 is 33.1 Å². The van der Waals surface area contributed by atoms with Crippen molar-refractivity contribution in [1.82, 2.24) is 0 Å². The van der Waals surface area contributed by atoms with Crippen LogP contribution in [0.3, 0.4) is 0 Å². The molecule has 0 aromatic heterocycles. The van der Waals surface area contributed by atoms with Crippen LogP contribution in [-0.4, -0.2) is 26.8 Å². The van der Waals surface area contributed by atoms with E-state index in [2.05, 4.69) is 10.6 Å². The fraction of sp³-hybridized carbons (Fsp3) is 0. The number of hydrogen-bond donors (Lipinski definition) is 3. The lowest BCUT2D eigenvalue weighted by Gasteiger charge is -2.10. The second-order valence-electron chi connectivity index (χ2n) is 6.23. The summed E-state index contributed by atoms with van der Waals surface area (Å²) in [6.45, 7) is 0. The van der Waals surface area contributed by atoms with Crippen molar-refractivity contribution in [2.45, 2.75) is 0 Å². The minimum Gasteiger partial charge on any atom is -0.478 e. The third-order valence-electron chi connectivity index (χ3n) is 4.16. The van der Waals surface area contributed by atoms with Gasteiger partial charge in [-0.05, 0) is 30.3 Å². The average Bonchev–Trinajstić information content (AvgIpc) is 2.74. The molecular formula is C20H14N4O7. The van der Waals surface area contributed by atoms with Crippen molar-refractivity contribution < 1.29 is 24.5 Å². The van der Waals surface area contributed by atoms with E-state index in [4.69, 9.17) is 5.11 Å². The molecule has 0 atom stereocenters. The summed E-state index contributed by atoms with van der Waals surface area (Å²) in [7, 11) is 0. The van der Waals surface area contributed by atoms with E-state index in [0.717, 1.165) is 12.1 Å². The van der Waals surface area contributed by atoms with Crippen LogP contribution in [0.15, 0.2) is 66.7 Å². The summed E-state index contributed by atoms with van der Waals surface area (Å²) in [4.78, 5) is 45.2. The Morgan fingerprint density at radius 2 is 1.35 bits per heavy atom. The number of carbonyl (C=O) groups excluding carboxylic acids is 1. The van der Waals surface area contributed by atoms with E-state index >= 15 is 0 Å². The van der Waals surface area contributed by atoms with Crippen molar-refractivity contribution in [2.75, 3.05) is 10.6 Å². The minimum absolute atomic E-state index is 0.0860. The first kappa shape index (κ1) is 20.9. The molecule has 11 nitrogen and oxygen atoms in total. The fourth-order valence-electron chi connectivity index (χ4n) is 2.76. The molecule has 0 heterocycles. The molecule has 31 heavy (non-hydrogen) atoms. The Morgan fingerprint density at radius 3 is 1.90 bits per heavy atom. The van der Waals surface area contributed by atoms with Crippen molar-refractivity contribution >= 4 is 40.3 Å². The number of carboxylic acids is 1. The number of nitrogens with one attached hydrogen (secondary N) is 2. The molecular weight excluding hydrogens is 408 g/mol. The van der Waals surface area contributed by atoms with Crippen molar-refractivity contribution in [3.8, 4) is 0 Å². The Balaban J connectivity index is 2.02. The monoisotopic (exact) mass is 422 g/mol. The van der Waals surface area contributed by atoms with E-state index in [-0.39, 0.29) is 22.5 Å². The molecule has 156 valence electrons. The van der Waals surface area contributed by atoms with Crippen LogP contribution in [0.4, 0.5) is 28.4 Å². The van der Waals surface area contributed by atoms with E-state index in [1.807, 2.05) is 0 Å². The van der Waals surface area contributed by atoms with Gasteiger partial charge in [0.05, 0.1) is 21.0 Å². The number of nitro benzene ring substituents is 2. The first-order valence-electron chi connectivity index (χ1n) is 8.70. The van der Waals surface area contributed by atoms with Gasteiger partial charge in [-0.2, -0.15) is 0 Å². The summed E-state index contributed by atoms with van der Waals surface area (Å²) in [6.07, 6.45) is 0. The highest BCUT2D eigenvalue weighted by atomic mass is 16.6. The van der Waals surface area contributed by atoms with Crippen molar-refractivity contribution in [3.05, 3.63) is 98.1 Å². The zero-order valence-electron chi connectivity index (χ0n) is 15.6. The molecule has 0 saturated heterocycles. The molecule has 3 aromatic carbocycles. The van der Waals surface area contributed by atoms with Crippen LogP contribution in [0.2, 0.25) is 0 Å². The van der Waals surface area contributed by atoms with Crippen LogP contribution in [-0.2, 0) is 0 Å². The molecule has 11 heteroatoms. The lowest BCUT2D eigenvalue weighted by Crippen LogP contribution is -2.14. The molecule has 0 bridgehead atoms. The molecule has 0 radical (unpaired) electrons. The molecule has 0 spiro atoms. The third kappa shape index (κ3) is 4.79. The van der Waals surface area contributed by atoms with Crippen LogP contribution >= 0.6 is 0 Å². The maximum Gasteiger partial charge on any atom is 0.335 e. The normalized spacial score (nSPS) is 10.2. The van der Waals surface area contributed by atoms with E-state index in [1.54, 1.807) is 30.3 Å². The number of nitro groups is 2. The van der Waals surface area contributed by atoms with E-state index in [0.29, 0.717) is 5.69 Å². The van der Waals surface area contributed by atoms with Gasteiger partial charge in [0, 0.05) is 23.5 Å². The van der Waals surface area contributed by atoms with Crippen molar-refractivity contribution in [1.29, 1.82) is 0 Å². The predicted molar refractivity (Wildman–Crippen MR) is 111 cm³/mol. The smallest absolute Gasteiger partial charge is 0.335 e. The maximum absolute atomic E-state index is 12.6. The lowest BCUT2D eigenvalue weighted by atomic mass is 10.1. The second kappa shape index (κ2) is 8.69. The van der Waals surface area contributed by atoms with Crippen LogP contribution in [0.5, 0.6) is 0 Å². The van der Waals surface area contributed by atoms with Crippen molar-refractivity contribution in [3.63, 3.8) is 0 Å². The Labute approximate surface area is 174 Å². The molecule has 3 rings (SSSR count). The van der Waals surface area contributed by atoms with E-state index in [9.17, 15) is 29.8 Å². The Morgan fingerprint density at radius 1 is 0.774 bits per heavy atom. The summed E-state index contributed by atoms with van der Waals surface area (Å²) in [5, 5.41) is 37.3. The third-order valence-corrected chi connectivity index (χ3v) is 4.16. The predicted octanol–water partition coefficient (Wildman–Crippen LogP) is 4.20. The van der Waals surface area contributed by atoms with Gasteiger partial charge in [0.2, 0.25) is 0 Å². The van der Waals surface area contributed by atoms with Gasteiger partial charge in [0.25, 0.3) is 5.91 Å². The molecule has 1 amide bonds. The SMILES string of the molecule is O=C(O)c1cccc(NC(=O)c2cc([N+](=O)[O-])c(Nc3ccccc3)c([N+](=O)[O-])c2)c1. The zero-order valence-corrected chi connectivity index (χ0v) is 15.6. The first-order valence-corrected chi connectivity index (χ1v) is 8.70.